The minimum Gasteiger partial charge on any atom is -0.394 e. The largest absolute Gasteiger partial charge is 0.394 e. The van der Waals surface area contributed by atoms with Crippen molar-refractivity contribution in [2.75, 3.05) is 18.3 Å². The van der Waals surface area contributed by atoms with E-state index >= 15 is 0 Å². The van der Waals surface area contributed by atoms with Gasteiger partial charge in [-0.15, -0.1) is 0 Å². The summed E-state index contributed by atoms with van der Waals surface area (Å²) in [6.07, 6.45) is 0.810. The second kappa shape index (κ2) is 12.5. The molecule has 2 aromatic carbocycles. The van der Waals surface area contributed by atoms with Crippen molar-refractivity contribution >= 4 is 40.5 Å². The maximum absolute atomic E-state index is 13.8. The summed E-state index contributed by atoms with van der Waals surface area (Å²) in [5, 5.41) is 23.1. The Morgan fingerprint density at radius 1 is 1.26 bits per heavy atom. The Kier molecular flexibility index (Phi) is 9.47. The molecule has 0 fully saturated rings. The highest BCUT2D eigenvalue weighted by Crippen LogP contribution is 2.21. The molecule has 11 heteroatoms. The Labute approximate surface area is 206 Å². The van der Waals surface area contributed by atoms with Gasteiger partial charge >= 0.3 is 0 Å². The topological polar surface area (TPSA) is 115 Å². The number of carbonyl (C=O) groups is 2. The van der Waals surface area contributed by atoms with Crippen LogP contribution in [0, 0.1) is 5.82 Å². The summed E-state index contributed by atoms with van der Waals surface area (Å²) in [4.78, 5) is 34.1. The number of hydrazine groups is 1. The molecular weight excluding hydrogens is 479 g/mol. The summed E-state index contributed by atoms with van der Waals surface area (Å²) in [5.74, 6) is -0.799. The molecule has 1 aromatic heterocycles. The highest BCUT2D eigenvalue weighted by molar-refractivity contribution is 6.31. The fourth-order valence-corrected chi connectivity index (χ4v) is 3.69. The van der Waals surface area contributed by atoms with E-state index in [1.807, 2.05) is 24.3 Å². The fourth-order valence-electron chi connectivity index (χ4n) is 3.50. The Morgan fingerprint density at radius 2 is 2.00 bits per heavy atom. The van der Waals surface area contributed by atoms with Gasteiger partial charge in [0.05, 0.1) is 30.4 Å². The molecule has 1 heterocycles. The molecule has 0 unspecified atom stereocenters. The number of rotatable bonds is 12. The predicted octanol–water partition coefficient (Wildman–Crippen LogP) is 2.59. The Bertz CT molecular complexity index is 1170. The van der Waals surface area contributed by atoms with Gasteiger partial charge in [-0.05, 0) is 29.5 Å². The molecule has 0 spiro atoms. The third kappa shape index (κ3) is 6.93. The number of nitrogens with one attached hydrogen (secondary N) is 1. The van der Waals surface area contributed by atoms with Gasteiger partial charge in [-0.2, -0.15) is 5.06 Å². The summed E-state index contributed by atoms with van der Waals surface area (Å²) in [5.41, 5.74) is 3.29. The number of aliphatic hydroxyl groups excluding tert-OH is 2. The lowest BCUT2D eigenvalue weighted by atomic mass is 10.1. The van der Waals surface area contributed by atoms with Crippen LogP contribution in [-0.4, -0.2) is 57.9 Å². The number of fused-ring (bicyclic) bond motifs is 1. The molecule has 0 saturated carbocycles. The van der Waals surface area contributed by atoms with Gasteiger partial charge in [0.25, 0.3) is 0 Å². The number of nitrogens with zero attached hydrogens (tertiary/aromatic N) is 3. The smallest absolute Gasteiger partial charge is 0.239 e. The zero-order valence-corrected chi connectivity index (χ0v) is 19.7. The molecule has 0 aliphatic rings. The molecule has 0 saturated heterocycles. The van der Waals surface area contributed by atoms with Crippen LogP contribution in [0.3, 0.4) is 0 Å². The minimum absolute atomic E-state index is 0.00547. The van der Waals surface area contributed by atoms with Crippen molar-refractivity contribution in [3.8, 4) is 0 Å². The van der Waals surface area contributed by atoms with E-state index in [2.05, 4.69) is 10.4 Å². The summed E-state index contributed by atoms with van der Waals surface area (Å²) in [6.45, 7) is 0.530. The van der Waals surface area contributed by atoms with E-state index in [9.17, 15) is 24.2 Å². The van der Waals surface area contributed by atoms with E-state index < -0.39 is 30.5 Å². The first-order valence-corrected chi connectivity index (χ1v) is 11.2. The molecule has 3 N–H and O–H groups in total. The first-order valence-electron chi connectivity index (χ1n) is 10.8. The number of aromatic nitrogens is 1. The van der Waals surface area contributed by atoms with Crippen molar-refractivity contribution in [3.05, 3.63) is 71.1 Å². The predicted molar refractivity (Wildman–Crippen MR) is 129 cm³/mol. The fraction of sp³-hybridized carbons (Fsp3) is 0.292. The van der Waals surface area contributed by atoms with E-state index in [-0.39, 0.29) is 30.4 Å². The number of aliphatic hydroxyl groups is 2. The van der Waals surface area contributed by atoms with Gasteiger partial charge in [0.2, 0.25) is 12.3 Å². The van der Waals surface area contributed by atoms with Crippen LogP contribution in [0.5, 0.6) is 0 Å². The number of amides is 2. The molecule has 0 aliphatic heterocycles. The summed E-state index contributed by atoms with van der Waals surface area (Å²) >= 11 is 6.00. The van der Waals surface area contributed by atoms with Gasteiger partial charge in [0, 0.05) is 25.1 Å². The Hall–Kier alpha value is -3.15. The molecule has 2 amide bonds. The van der Waals surface area contributed by atoms with E-state index in [0.29, 0.717) is 12.0 Å². The second-order valence-corrected chi connectivity index (χ2v) is 8.16. The van der Waals surface area contributed by atoms with Gasteiger partial charge in [-0.1, -0.05) is 48.0 Å². The number of anilines is 1. The minimum atomic E-state index is -1.16. The van der Waals surface area contributed by atoms with Crippen LogP contribution < -0.4 is 10.5 Å². The monoisotopic (exact) mass is 504 g/mol. The van der Waals surface area contributed by atoms with Crippen molar-refractivity contribution < 1.29 is 29.0 Å². The first kappa shape index (κ1) is 26.5. The van der Waals surface area contributed by atoms with Crippen molar-refractivity contribution in [2.45, 2.75) is 32.0 Å². The number of hydroxylamine groups is 1. The maximum Gasteiger partial charge on any atom is 0.239 e. The lowest BCUT2D eigenvalue weighted by molar-refractivity contribution is -0.138. The van der Waals surface area contributed by atoms with Crippen molar-refractivity contribution in [1.29, 1.82) is 0 Å². The molecule has 186 valence electrons. The zero-order valence-electron chi connectivity index (χ0n) is 19.0. The van der Waals surface area contributed by atoms with Gasteiger partial charge in [0.15, 0.2) is 5.82 Å². The van der Waals surface area contributed by atoms with E-state index in [0.717, 1.165) is 15.8 Å². The second-order valence-electron chi connectivity index (χ2n) is 7.78. The van der Waals surface area contributed by atoms with Gasteiger partial charge < -0.3 is 10.2 Å². The van der Waals surface area contributed by atoms with Gasteiger partial charge in [-0.3, -0.25) is 19.4 Å². The molecular formula is C24H26ClFN4O5. The van der Waals surface area contributed by atoms with Crippen LogP contribution in [0.2, 0.25) is 5.02 Å². The SMILES string of the molecule is CC(=O)N(NCc1cccc(F)c1Cl)[C@H](CON(C=O)c1cc2ccccc2cn1)C[C@@H](O)CO. The number of pyridine rings is 1. The number of hydrogen-bond donors (Lipinski definition) is 3. The van der Waals surface area contributed by atoms with Crippen molar-refractivity contribution in [1.82, 2.24) is 15.4 Å². The van der Waals surface area contributed by atoms with Crippen molar-refractivity contribution in [2.24, 2.45) is 0 Å². The van der Waals surface area contributed by atoms with Crippen LogP contribution in [-0.2, 0) is 21.0 Å². The normalized spacial score (nSPS) is 12.8. The lowest BCUT2D eigenvalue weighted by Crippen LogP contribution is -2.52. The number of carbonyl (C=O) groups excluding carboxylic acids is 2. The summed E-state index contributed by atoms with van der Waals surface area (Å²) < 4.78 is 13.8. The Balaban J connectivity index is 1.77. The first-order chi connectivity index (χ1) is 16.8. The summed E-state index contributed by atoms with van der Waals surface area (Å²) in [7, 11) is 0. The van der Waals surface area contributed by atoms with E-state index in [1.54, 1.807) is 18.3 Å². The molecule has 0 radical (unpaired) electrons. The maximum atomic E-state index is 13.8. The summed E-state index contributed by atoms with van der Waals surface area (Å²) in [6, 6.07) is 12.6. The van der Waals surface area contributed by atoms with E-state index in [1.165, 1.54) is 24.1 Å². The Morgan fingerprint density at radius 3 is 2.69 bits per heavy atom. The zero-order chi connectivity index (χ0) is 25.4. The third-order valence-corrected chi connectivity index (χ3v) is 5.70. The highest BCUT2D eigenvalue weighted by Gasteiger charge is 2.26. The average Bonchev–Trinajstić information content (AvgIpc) is 2.86. The van der Waals surface area contributed by atoms with E-state index in [4.69, 9.17) is 16.4 Å². The van der Waals surface area contributed by atoms with Crippen LogP contribution in [0.15, 0.2) is 54.7 Å². The third-order valence-electron chi connectivity index (χ3n) is 5.27. The molecule has 35 heavy (non-hydrogen) atoms. The molecule has 0 aliphatic carbocycles. The molecule has 3 aromatic rings. The van der Waals surface area contributed by atoms with Gasteiger partial charge in [-0.25, -0.2) is 14.8 Å². The van der Waals surface area contributed by atoms with Crippen molar-refractivity contribution in [3.63, 3.8) is 0 Å². The van der Waals surface area contributed by atoms with Crippen LogP contribution in [0.4, 0.5) is 10.2 Å². The van der Waals surface area contributed by atoms with Gasteiger partial charge in [0.1, 0.15) is 5.82 Å². The van der Waals surface area contributed by atoms with Crippen LogP contribution in [0.1, 0.15) is 18.9 Å². The number of halogens is 2. The highest BCUT2D eigenvalue weighted by atomic mass is 35.5. The number of benzene rings is 2. The lowest BCUT2D eigenvalue weighted by Gasteiger charge is -2.33. The molecule has 2 atom stereocenters. The molecule has 3 rings (SSSR count). The standard InChI is InChI=1S/C24H26ClFN4O5/c1-16(33)30(28-12-19-7-4-8-22(26)24(19)25)20(10-21(34)13-31)14-35-29(15-32)23-9-17-5-2-3-6-18(17)11-27-23/h2-9,11,15,20-21,28,31,34H,10,12-14H2,1H3/t20-,21+/m0/s1. The van der Waals surface area contributed by atoms with Crippen LogP contribution in [0.25, 0.3) is 10.8 Å². The molecule has 9 nitrogen and oxygen atoms in total. The quantitative estimate of drug-likeness (QED) is 0.256. The van der Waals surface area contributed by atoms with Crippen LogP contribution >= 0.6 is 11.6 Å². The average molecular weight is 505 g/mol. The number of hydrogen-bond acceptors (Lipinski definition) is 7. The molecule has 0 bridgehead atoms.